The van der Waals surface area contributed by atoms with Crippen molar-refractivity contribution >= 4 is 22.6 Å². The van der Waals surface area contributed by atoms with Crippen LogP contribution in [0.1, 0.15) is 12.7 Å². The van der Waals surface area contributed by atoms with E-state index in [9.17, 15) is 0 Å². The molecule has 0 aromatic carbocycles. The summed E-state index contributed by atoms with van der Waals surface area (Å²) in [4.78, 5) is 11.1. The number of hydrogen-bond acceptors (Lipinski definition) is 4. The summed E-state index contributed by atoms with van der Waals surface area (Å²) in [5, 5.41) is 0. The van der Waals surface area contributed by atoms with E-state index in [1.807, 2.05) is 6.07 Å². The Hall–Kier alpha value is -1.17. The summed E-state index contributed by atoms with van der Waals surface area (Å²) in [5.41, 5.74) is 1.97. The maximum atomic E-state index is 6.02. The smallest absolute Gasteiger partial charge is 0.125 e. The van der Waals surface area contributed by atoms with Crippen LogP contribution in [-0.2, 0) is 17.2 Å². The number of alkyl halides is 1. The molecule has 20 heavy (non-hydrogen) atoms. The Balaban J connectivity index is 1.86. The van der Waals surface area contributed by atoms with Gasteiger partial charge in [0.05, 0.1) is 36.8 Å². The Kier molecular flexibility index (Phi) is 4.19. The summed E-state index contributed by atoms with van der Waals surface area (Å²) in [5.74, 6) is 1.28. The largest absolute Gasteiger partial charge is 0.374 e. The highest BCUT2D eigenvalue weighted by Gasteiger charge is 2.21. The van der Waals surface area contributed by atoms with Crippen molar-refractivity contribution in [2.45, 2.75) is 25.5 Å². The van der Waals surface area contributed by atoms with Crippen LogP contribution in [0.5, 0.6) is 0 Å². The van der Waals surface area contributed by atoms with Gasteiger partial charge in [0.25, 0.3) is 0 Å². The van der Waals surface area contributed by atoms with Gasteiger partial charge in [-0.1, -0.05) is 6.92 Å². The zero-order valence-electron chi connectivity index (χ0n) is 11.6. The SMILES string of the molecule is CCN1CCOC(Cn2c(CCl)nc3cnccc32)C1. The number of nitrogens with zero attached hydrogens (tertiary/aromatic N) is 4. The Morgan fingerprint density at radius 1 is 1.50 bits per heavy atom. The van der Waals surface area contributed by atoms with Crippen molar-refractivity contribution in [3.63, 3.8) is 0 Å². The number of morpholine rings is 1. The van der Waals surface area contributed by atoms with Crippen LogP contribution in [0.3, 0.4) is 0 Å². The van der Waals surface area contributed by atoms with Crippen LogP contribution in [-0.4, -0.2) is 51.8 Å². The van der Waals surface area contributed by atoms with Gasteiger partial charge in [-0.25, -0.2) is 4.98 Å². The number of fused-ring (bicyclic) bond motifs is 1. The lowest BCUT2D eigenvalue weighted by Gasteiger charge is -2.32. The molecule has 1 aliphatic heterocycles. The molecule has 108 valence electrons. The molecule has 2 aromatic heterocycles. The average molecular weight is 295 g/mol. The molecule has 1 fully saturated rings. The van der Waals surface area contributed by atoms with Gasteiger partial charge in [0.15, 0.2) is 0 Å². The van der Waals surface area contributed by atoms with Crippen LogP contribution in [0, 0.1) is 0 Å². The third-order valence-corrected chi connectivity index (χ3v) is 4.04. The fraction of sp³-hybridized carbons (Fsp3) is 0.571. The molecule has 0 amide bonds. The number of halogens is 1. The van der Waals surface area contributed by atoms with Gasteiger partial charge in [-0.3, -0.25) is 9.88 Å². The van der Waals surface area contributed by atoms with E-state index in [1.54, 1.807) is 12.4 Å². The van der Waals surface area contributed by atoms with Gasteiger partial charge in [0.1, 0.15) is 11.3 Å². The summed E-state index contributed by atoms with van der Waals surface area (Å²) in [6.45, 7) is 6.82. The van der Waals surface area contributed by atoms with Crippen LogP contribution in [0.4, 0.5) is 0 Å². The van der Waals surface area contributed by atoms with E-state index < -0.39 is 0 Å². The molecule has 0 spiro atoms. The predicted molar refractivity (Wildman–Crippen MR) is 78.9 cm³/mol. The Labute approximate surface area is 123 Å². The quantitative estimate of drug-likeness (QED) is 0.808. The molecule has 1 unspecified atom stereocenters. The van der Waals surface area contributed by atoms with Gasteiger partial charge in [0, 0.05) is 19.3 Å². The molecule has 0 saturated carbocycles. The number of rotatable bonds is 4. The second-order valence-electron chi connectivity index (χ2n) is 5.02. The van der Waals surface area contributed by atoms with Gasteiger partial charge in [0.2, 0.25) is 0 Å². The van der Waals surface area contributed by atoms with Gasteiger partial charge in [-0.15, -0.1) is 11.6 Å². The topological polar surface area (TPSA) is 43.2 Å². The fourth-order valence-electron chi connectivity index (χ4n) is 2.72. The van der Waals surface area contributed by atoms with E-state index in [-0.39, 0.29) is 6.10 Å². The van der Waals surface area contributed by atoms with Gasteiger partial charge in [-0.2, -0.15) is 0 Å². The van der Waals surface area contributed by atoms with E-state index in [0.29, 0.717) is 5.88 Å². The summed E-state index contributed by atoms with van der Waals surface area (Å²) in [6, 6.07) is 1.98. The summed E-state index contributed by atoms with van der Waals surface area (Å²) < 4.78 is 8.04. The van der Waals surface area contributed by atoms with Crippen LogP contribution in [0.15, 0.2) is 18.5 Å². The van der Waals surface area contributed by atoms with E-state index in [1.165, 1.54) is 0 Å². The van der Waals surface area contributed by atoms with Crippen molar-refractivity contribution in [2.75, 3.05) is 26.2 Å². The number of likely N-dealkylation sites (N-methyl/N-ethyl adjacent to an activating group) is 1. The molecular formula is C14H19ClN4O. The molecule has 3 rings (SSSR count). The summed E-state index contributed by atoms with van der Waals surface area (Å²) in [7, 11) is 0. The molecular weight excluding hydrogens is 276 g/mol. The monoisotopic (exact) mass is 294 g/mol. The molecule has 3 heterocycles. The molecule has 0 N–H and O–H groups in total. The van der Waals surface area contributed by atoms with E-state index in [0.717, 1.165) is 49.6 Å². The molecule has 1 aliphatic rings. The van der Waals surface area contributed by atoms with Crippen molar-refractivity contribution in [1.82, 2.24) is 19.4 Å². The number of hydrogen-bond donors (Lipinski definition) is 0. The lowest BCUT2D eigenvalue weighted by atomic mass is 10.2. The molecule has 1 saturated heterocycles. The molecule has 6 heteroatoms. The number of pyridine rings is 1. The lowest BCUT2D eigenvalue weighted by Crippen LogP contribution is -2.44. The number of ether oxygens (including phenoxy) is 1. The van der Waals surface area contributed by atoms with Crippen molar-refractivity contribution in [3.05, 3.63) is 24.3 Å². The van der Waals surface area contributed by atoms with Crippen molar-refractivity contribution < 1.29 is 4.74 Å². The zero-order chi connectivity index (χ0) is 13.9. The lowest BCUT2D eigenvalue weighted by molar-refractivity contribution is -0.0340. The van der Waals surface area contributed by atoms with Gasteiger partial charge < -0.3 is 9.30 Å². The Bertz CT molecular complexity index is 586. The van der Waals surface area contributed by atoms with Gasteiger partial charge >= 0.3 is 0 Å². The first kappa shape index (κ1) is 13.8. The Morgan fingerprint density at radius 2 is 2.40 bits per heavy atom. The molecule has 1 atom stereocenters. The van der Waals surface area contributed by atoms with E-state index in [4.69, 9.17) is 16.3 Å². The van der Waals surface area contributed by atoms with Crippen molar-refractivity contribution in [2.24, 2.45) is 0 Å². The standard InChI is InChI=1S/C14H19ClN4O/c1-2-18-5-6-20-11(9-18)10-19-13-3-4-16-8-12(13)17-14(19)7-15/h3-4,8,11H,2,5-7,9-10H2,1H3. The second kappa shape index (κ2) is 6.08. The fourth-order valence-corrected chi connectivity index (χ4v) is 2.92. The molecule has 5 nitrogen and oxygen atoms in total. The minimum absolute atomic E-state index is 0.191. The normalized spacial score (nSPS) is 20.6. The highest BCUT2D eigenvalue weighted by molar-refractivity contribution is 6.16. The zero-order valence-corrected chi connectivity index (χ0v) is 12.4. The minimum atomic E-state index is 0.191. The highest BCUT2D eigenvalue weighted by atomic mass is 35.5. The highest BCUT2D eigenvalue weighted by Crippen LogP contribution is 2.18. The van der Waals surface area contributed by atoms with Crippen LogP contribution >= 0.6 is 11.6 Å². The number of aromatic nitrogens is 3. The molecule has 2 aromatic rings. The first-order chi connectivity index (χ1) is 9.81. The van der Waals surface area contributed by atoms with Crippen molar-refractivity contribution in [3.8, 4) is 0 Å². The number of imidazole rings is 1. The van der Waals surface area contributed by atoms with Crippen LogP contribution in [0.25, 0.3) is 11.0 Å². The van der Waals surface area contributed by atoms with Gasteiger partial charge in [-0.05, 0) is 12.6 Å². The predicted octanol–water partition coefficient (Wildman–Crippen LogP) is 1.89. The second-order valence-corrected chi connectivity index (χ2v) is 5.29. The maximum Gasteiger partial charge on any atom is 0.125 e. The third kappa shape index (κ3) is 2.66. The maximum absolute atomic E-state index is 6.02. The Morgan fingerprint density at radius 3 is 3.20 bits per heavy atom. The molecule has 0 aliphatic carbocycles. The van der Waals surface area contributed by atoms with E-state index >= 15 is 0 Å². The third-order valence-electron chi connectivity index (χ3n) is 3.81. The molecule has 0 bridgehead atoms. The van der Waals surface area contributed by atoms with E-state index in [2.05, 4.69) is 26.4 Å². The van der Waals surface area contributed by atoms with Crippen LogP contribution in [0.2, 0.25) is 0 Å². The summed E-state index contributed by atoms with van der Waals surface area (Å²) in [6.07, 6.45) is 3.76. The van der Waals surface area contributed by atoms with Crippen LogP contribution < -0.4 is 0 Å². The first-order valence-corrected chi connectivity index (χ1v) is 7.54. The minimum Gasteiger partial charge on any atom is -0.374 e. The van der Waals surface area contributed by atoms with Crippen molar-refractivity contribution in [1.29, 1.82) is 0 Å². The summed E-state index contributed by atoms with van der Waals surface area (Å²) >= 11 is 6.02. The average Bonchev–Trinajstić information content (AvgIpc) is 2.85. The first-order valence-electron chi connectivity index (χ1n) is 7.01. The molecule has 0 radical (unpaired) electrons.